The van der Waals surface area contributed by atoms with Crippen molar-refractivity contribution < 1.29 is 78.7 Å². The highest BCUT2D eigenvalue weighted by Crippen LogP contribution is 2.36. The number of hydrogen-bond donors (Lipinski definition) is 8. The number of hydrogen-bond acceptors (Lipinski definition) is 16. The fraction of sp³-hybridized carbons (Fsp3) is 0.520. The summed E-state index contributed by atoms with van der Waals surface area (Å²) >= 11 is 0. The standard InChI is InChI=1S/C50H64O16/c1-27-43(55)47-45(57)49(65-27)63-25-33(17-29-5-11-37(51)12-6-29)36(20-32-10-16-40(54)42(22-32)60-4)24-62-48-44(56)28(2)66-50(46(48)58)64-26-34(18-30-7-13-38(52)14-8-30)35(23-61-47)19-31-9-15-39(53)41(21-31)59-3/h5-16,21-22,27-28,33-36,43-58H,17-20,23-26H2,1-4H3. The Hall–Kier alpha value is -4.72. The van der Waals surface area contributed by atoms with Gasteiger partial charge >= 0.3 is 0 Å². The van der Waals surface area contributed by atoms with E-state index in [2.05, 4.69) is 0 Å². The number of phenolic OH excluding ortho intramolecular Hbond substituents is 4. The lowest BCUT2D eigenvalue weighted by molar-refractivity contribution is -0.311. The van der Waals surface area contributed by atoms with Crippen LogP contribution in [0.3, 0.4) is 0 Å². The van der Waals surface area contributed by atoms with Gasteiger partial charge in [-0.25, -0.2) is 0 Å². The van der Waals surface area contributed by atoms with E-state index in [1.807, 2.05) is 0 Å². The van der Waals surface area contributed by atoms with E-state index in [0.717, 1.165) is 22.3 Å². The molecule has 0 radical (unpaired) electrons. The molecule has 8 N–H and O–H groups in total. The molecule has 0 aliphatic carbocycles. The predicted octanol–water partition coefficient (Wildman–Crippen LogP) is 4.01. The van der Waals surface area contributed by atoms with Crippen LogP contribution in [0.25, 0.3) is 0 Å². The summed E-state index contributed by atoms with van der Waals surface area (Å²) < 4.78 is 49.3. The third-order valence-corrected chi connectivity index (χ3v) is 13.2. The topological polar surface area (TPSA) is 236 Å². The quantitative estimate of drug-likeness (QED) is 0.112. The predicted molar refractivity (Wildman–Crippen MR) is 238 cm³/mol. The number of aliphatic hydroxyl groups is 4. The molecular weight excluding hydrogens is 857 g/mol. The molecule has 7 rings (SSSR count). The Bertz CT molecular complexity index is 1990. The molecule has 4 aromatic rings. The molecule has 66 heavy (non-hydrogen) atoms. The summed E-state index contributed by atoms with van der Waals surface area (Å²) in [6, 6.07) is 23.6. The van der Waals surface area contributed by atoms with Crippen molar-refractivity contribution in [2.24, 2.45) is 23.7 Å². The largest absolute Gasteiger partial charge is 0.508 e. The molecule has 0 spiro atoms. The smallest absolute Gasteiger partial charge is 0.186 e. The Morgan fingerprint density at radius 1 is 0.439 bits per heavy atom. The van der Waals surface area contributed by atoms with Crippen molar-refractivity contribution in [3.63, 3.8) is 0 Å². The zero-order valence-electron chi connectivity index (χ0n) is 37.7. The van der Waals surface area contributed by atoms with Crippen molar-refractivity contribution in [3.05, 3.63) is 107 Å². The van der Waals surface area contributed by atoms with Crippen LogP contribution in [0.2, 0.25) is 0 Å². The van der Waals surface area contributed by atoms with E-state index >= 15 is 0 Å². The molecule has 14 unspecified atom stereocenters. The number of aromatic hydroxyl groups is 4. The minimum Gasteiger partial charge on any atom is -0.508 e. The molecule has 0 aromatic heterocycles. The van der Waals surface area contributed by atoms with E-state index in [1.54, 1.807) is 86.6 Å². The summed E-state index contributed by atoms with van der Waals surface area (Å²) in [4.78, 5) is 0. The monoisotopic (exact) mass is 920 g/mol. The van der Waals surface area contributed by atoms with Gasteiger partial charge in [-0.3, -0.25) is 0 Å². The van der Waals surface area contributed by atoms with Crippen LogP contribution in [0, 0.1) is 23.7 Å². The van der Waals surface area contributed by atoms with Crippen LogP contribution >= 0.6 is 0 Å². The SMILES string of the molecule is COc1cc(CC2COC3C(O)C(C)OC(OCC(Cc4ccc(O)cc4)C(Cc4ccc(O)c(OC)c4)COC4C(O)C(C)OC(OCC2Cc2ccc(O)cc2)C4O)C3O)ccc1O. The Morgan fingerprint density at radius 3 is 1.11 bits per heavy atom. The molecule has 16 nitrogen and oxygen atoms in total. The van der Waals surface area contributed by atoms with Gasteiger partial charge in [0, 0.05) is 0 Å². The maximum absolute atomic E-state index is 12.0. The first-order valence-corrected chi connectivity index (χ1v) is 22.5. The van der Waals surface area contributed by atoms with Crippen molar-refractivity contribution in [1.82, 2.24) is 0 Å². The van der Waals surface area contributed by atoms with Gasteiger partial charge in [0.2, 0.25) is 0 Å². The normalized spacial score (nSPS) is 32.4. The third kappa shape index (κ3) is 12.0. The average Bonchev–Trinajstić information content (AvgIpc) is 3.30. The van der Waals surface area contributed by atoms with Gasteiger partial charge in [-0.2, -0.15) is 0 Å². The van der Waals surface area contributed by atoms with Crippen LogP contribution in [0.5, 0.6) is 34.5 Å². The van der Waals surface area contributed by atoms with E-state index in [9.17, 15) is 40.9 Å². The van der Waals surface area contributed by atoms with Crippen LogP contribution in [0.15, 0.2) is 84.9 Å². The van der Waals surface area contributed by atoms with Crippen LogP contribution in [0.4, 0.5) is 0 Å². The van der Waals surface area contributed by atoms with Crippen molar-refractivity contribution in [2.45, 2.75) is 101 Å². The van der Waals surface area contributed by atoms with Gasteiger partial charge in [0.05, 0.1) is 52.9 Å². The molecule has 3 fully saturated rings. The van der Waals surface area contributed by atoms with E-state index in [1.165, 1.54) is 26.4 Å². The number of ether oxygens (including phenoxy) is 8. The highest BCUT2D eigenvalue weighted by molar-refractivity contribution is 5.43. The lowest BCUT2D eigenvalue weighted by atomic mass is 9.83. The first kappa shape index (κ1) is 49.2. The lowest BCUT2D eigenvalue weighted by Gasteiger charge is -2.44. The molecule has 4 aromatic carbocycles. The van der Waals surface area contributed by atoms with Gasteiger partial charge in [0.1, 0.15) is 48.1 Å². The highest BCUT2D eigenvalue weighted by atomic mass is 16.7. The molecule has 16 heteroatoms. The van der Waals surface area contributed by atoms with Crippen molar-refractivity contribution in [2.75, 3.05) is 40.6 Å². The summed E-state index contributed by atoms with van der Waals surface area (Å²) in [7, 11) is 2.92. The van der Waals surface area contributed by atoms with Gasteiger partial charge < -0.3 is 78.7 Å². The maximum atomic E-state index is 12.0. The molecular formula is C50H64O16. The Morgan fingerprint density at radius 2 is 0.758 bits per heavy atom. The molecule has 0 amide bonds. The van der Waals surface area contributed by atoms with Crippen molar-refractivity contribution >= 4 is 0 Å². The number of aliphatic hydroxyl groups excluding tert-OH is 4. The van der Waals surface area contributed by atoms with E-state index < -0.39 is 85.1 Å². The van der Waals surface area contributed by atoms with Crippen molar-refractivity contribution in [3.8, 4) is 34.5 Å². The zero-order valence-corrected chi connectivity index (χ0v) is 37.7. The Labute approximate surface area is 384 Å². The van der Waals surface area contributed by atoms with Gasteiger partial charge in [0.15, 0.2) is 35.6 Å². The van der Waals surface area contributed by atoms with E-state index in [4.69, 9.17) is 37.9 Å². The third-order valence-electron chi connectivity index (χ3n) is 13.2. The molecule has 0 saturated carbocycles. The summed E-state index contributed by atoms with van der Waals surface area (Å²) in [6.45, 7) is 3.34. The summed E-state index contributed by atoms with van der Waals surface area (Å²) in [5, 5.41) is 88.1. The zero-order chi connectivity index (χ0) is 47.1. The van der Waals surface area contributed by atoms with E-state index in [-0.39, 0.29) is 60.9 Å². The van der Waals surface area contributed by atoms with Crippen LogP contribution in [0.1, 0.15) is 36.1 Å². The number of phenols is 4. The fourth-order valence-corrected chi connectivity index (χ4v) is 9.19. The van der Waals surface area contributed by atoms with Crippen LogP contribution in [-0.2, 0) is 54.1 Å². The minimum atomic E-state index is -1.44. The highest BCUT2D eigenvalue weighted by Gasteiger charge is 2.47. The van der Waals surface area contributed by atoms with Crippen molar-refractivity contribution in [1.29, 1.82) is 0 Å². The lowest BCUT2D eigenvalue weighted by Crippen LogP contribution is -2.59. The fourth-order valence-electron chi connectivity index (χ4n) is 9.19. The molecule has 14 atom stereocenters. The maximum Gasteiger partial charge on any atom is 0.186 e. The summed E-state index contributed by atoms with van der Waals surface area (Å²) in [6.07, 6.45) is -10.3. The number of methoxy groups -OCH3 is 2. The summed E-state index contributed by atoms with van der Waals surface area (Å²) in [5.74, 6) is -0.932. The van der Waals surface area contributed by atoms with Gasteiger partial charge in [-0.15, -0.1) is 0 Å². The van der Waals surface area contributed by atoms with E-state index in [0.29, 0.717) is 25.7 Å². The minimum absolute atomic E-state index is 0.00240. The van der Waals surface area contributed by atoms with Gasteiger partial charge in [0.25, 0.3) is 0 Å². The molecule has 3 saturated heterocycles. The Balaban J connectivity index is 1.27. The van der Waals surface area contributed by atoms with Crippen LogP contribution in [-0.4, -0.2) is 143 Å². The number of benzene rings is 4. The second-order valence-electron chi connectivity index (χ2n) is 17.8. The second kappa shape index (κ2) is 22.4. The molecule has 3 heterocycles. The number of fused-ring (bicyclic) bond motifs is 4. The Kier molecular flexibility index (Phi) is 16.7. The molecule has 3 aliphatic rings. The van der Waals surface area contributed by atoms with Crippen LogP contribution < -0.4 is 9.47 Å². The first-order chi connectivity index (χ1) is 31.7. The number of rotatable bonds is 10. The van der Waals surface area contributed by atoms with Gasteiger partial charge in [-0.05, 0) is 134 Å². The second-order valence-corrected chi connectivity index (χ2v) is 17.8. The van der Waals surface area contributed by atoms with Gasteiger partial charge in [-0.1, -0.05) is 36.4 Å². The average molecular weight is 921 g/mol. The molecule has 360 valence electrons. The first-order valence-electron chi connectivity index (χ1n) is 22.5. The molecule has 3 aliphatic heterocycles. The molecule has 4 bridgehead atoms. The summed E-state index contributed by atoms with van der Waals surface area (Å²) in [5.41, 5.74) is 3.30.